The van der Waals surface area contributed by atoms with E-state index in [4.69, 9.17) is 9.84 Å². The lowest BCUT2D eigenvalue weighted by molar-refractivity contribution is 0.0690. The van der Waals surface area contributed by atoms with Crippen LogP contribution in [0.4, 0.5) is 5.13 Å². The minimum Gasteiger partial charge on any atom is -0.476 e. The van der Waals surface area contributed by atoms with Crippen LogP contribution in [0, 0.1) is 12.8 Å². The molecule has 5 nitrogen and oxygen atoms in total. The minimum atomic E-state index is -0.969. The van der Waals surface area contributed by atoms with Crippen LogP contribution < -0.4 is 5.32 Å². The molecule has 0 saturated carbocycles. The van der Waals surface area contributed by atoms with Gasteiger partial charge < -0.3 is 15.2 Å². The highest BCUT2D eigenvalue weighted by atomic mass is 32.1. The number of aryl methyl sites for hydroxylation is 1. The number of thiazole rings is 1. The van der Waals surface area contributed by atoms with Crippen LogP contribution in [-0.2, 0) is 4.74 Å². The first-order valence-corrected chi connectivity index (χ1v) is 6.44. The molecule has 1 aromatic heterocycles. The lowest BCUT2D eigenvalue weighted by Crippen LogP contribution is -2.26. The average molecular weight is 256 g/mol. The highest BCUT2D eigenvalue weighted by Gasteiger charge is 2.23. The van der Waals surface area contributed by atoms with Crippen LogP contribution in [0.3, 0.4) is 0 Å². The minimum absolute atomic E-state index is 0.146. The number of hydrogen-bond donors (Lipinski definition) is 2. The summed E-state index contributed by atoms with van der Waals surface area (Å²) in [5.41, 5.74) is 0.146. The molecule has 0 radical (unpaired) electrons. The molecule has 2 N–H and O–H groups in total. The summed E-state index contributed by atoms with van der Waals surface area (Å²) < 4.78 is 5.33. The van der Waals surface area contributed by atoms with Crippen molar-refractivity contribution in [2.75, 3.05) is 18.5 Å². The van der Waals surface area contributed by atoms with Crippen molar-refractivity contribution in [1.82, 2.24) is 4.98 Å². The second kappa shape index (κ2) is 5.01. The number of anilines is 1. The van der Waals surface area contributed by atoms with Crippen molar-refractivity contribution >= 4 is 22.4 Å². The zero-order valence-electron chi connectivity index (χ0n) is 9.90. The molecule has 0 spiro atoms. The van der Waals surface area contributed by atoms with Crippen LogP contribution in [0.2, 0.25) is 0 Å². The van der Waals surface area contributed by atoms with Gasteiger partial charge in [0.1, 0.15) is 0 Å². The first kappa shape index (κ1) is 12.3. The normalized spacial score (nSPS) is 21.4. The number of carbonyl (C=O) groups is 1. The Morgan fingerprint density at radius 3 is 3.00 bits per heavy atom. The largest absolute Gasteiger partial charge is 0.476 e. The second-order valence-corrected chi connectivity index (χ2v) is 5.49. The van der Waals surface area contributed by atoms with Crippen LogP contribution in [-0.4, -0.2) is 35.3 Å². The van der Waals surface area contributed by atoms with Gasteiger partial charge in [-0.2, -0.15) is 0 Å². The van der Waals surface area contributed by atoms with Crippen LogP contribution in [0.1, 0.15) is 28.7 Å². The van der Waals surface area contributed by atoms with E-state index in [0.29, 0.717) is 11.0 Å². The summed E-state index contributed by atoms with van der Waals surface area (Å²) in [7, 11) is 0. The highest BCUT2D eigenvalue weighted by molar-refractivity contribution is 7.15. The van der Waals surface area contributed by atoms with E-state index in [-0.39, 0.29) is 11.7 Å². The van der Waals surface area contributed by atoms with Crippen molar-refractivity contribution in [2.45, 2.75) is 26.3 Å². The fourth-order valence-electron chi connectivity index (χ4n) is 1.92. The standard InChI is InChI=1S/C11H16N2O3S/c1-6(8-3-4-16-5-8)12-11-13-9(10(14)15)7(2)17-11/h6,8H,3-5H2,1-2H3,(H,12,13)(H,14,15). The molecule has 2 heterocycles. The number of hydrogen-bond acceptors (Lipinski definition) is 5. The molecule has 0 amide bonds. The summed E-state index contributed by atoms with van der Waals surface area (Å²) in [6.45, 7) is 5.43. The molecule has 1 aromatic rings. The molecular formula is C11H16N2O3S. The van der Waals surface area contributed by atoms with Gasteiger partial charge in [-0.15, -0.1) is 11.3 Å². The number of nitrogens with zero attached hydrogens (tertiary/aromatic N) is 1. The Balaban J connectivity index is 2.03. The third kappa shape index (κ3) is 2.76. The predicted octanol–water partition coefficient (Wildman–Crippen LogP) is 1.99. The first-order valence-electron chi connectivity index (χ1n) is 5.63. The molecule has 0 aliphatic carbocycles. The Hall–Kier alpha value is -1.14. The van der Waals surface area contributed by atoms with Gasteiger partial charge in [0, 0.05) is 23.4 Å². The average Bonchev–Trinajstić information content (AvgIpc) is 2.86. The van der Waals surface area contributed by atoms with Crippen molar-refractivity contribution in [3.63, 3.8) is 0 Å². The molecule has 6 heteroatoms. The smallest absolute Gasteiger partial charge is 0.355 e. The van der Waals surface area contributed by atoms with Gasteiger partial charge in [-0.05, 0) is 20.3 Å². The second-order valence-electron chi connectivity index (χ2n) is 4.29. The zero-order chi connectivity index (χ0) is 12.4. The lowest BCUT2D eigenvalue weighted by Gasteiger charge is -2.18. The summed E-state index contributed by atoms with van der Waals surface area (Å²) >= 11 is 1.39. The Kier molecular flexibility index (Phi) is 3.63. The third-order valence-corrected chi connectivity index (χ3v) is 3.92. The number of carboxylic acid groups (broad SMARTS) is 1. The van der Waals surface area contributed by atoms with E-state index < -0.39 is 5.97 Å². The van der Waals surface area contributed by atoms with Gasteiger partial charge in [0.2, 0.25) is 0 Å². The number of ether oxygens (including phenoxy) is 1. The predicted molar refractivity (Wildman–Crippen MR) is 65.8 cm³/mol. The SMILES string of the molecule is Cc1sc(NC(C)C2CCOC2)nc1C(=O)O. The summed E-state index contributed by atoms with van der Waals surface area (Å²) in [4.78, 5) is 15.7. The van der Waals surface area contributed by atoms with Gasteiger partial charge in [0.15, 0.2) is 10.8 Å². The van der Waals surface area contributed by atoms with E-state index in [1.165, 1.54) is 11.3 Å². The summed E-state index contributed by atoms with van der Waals surface area (Å²) in [5.74, 6) is -0.490. The van der Waals surface area contributed by atoms with Crippen LogP contribution in [0.25, 0.3) is 0 Å². The summed E-state index contributed by atoms with van der Waals surface area (Å²) in [5, 5.41) is 12.9. The van der Waals surface area contributed by atoms with Crippen molar-refractivity contribution in [3.05, 3.63) is 10.6 Å². The van der Waals surface area contributed by atoms with Crippen molar-refractivity contribution in [3.8, 4) is 0 Å². The zero-order valence-corrected chi connectivity index (χ0v) is 10.7. The van der Waals surface area contributed by atoms with Crippen LogP contribution in [0.5, 0.6) is 0 Å². The maximum absolute atomic E-state index is 10.9. The van der Waals surface area contributed by atoms with Gasteiger partial charge in [0.25, 0.3) is 0 Å². The van der Waals surface area contributed by atoms with Crippen molar-refractivity contribution in [2.24, 2.45) is 5.92 Å². The van der Waals surface area contributed by atoms with Gasteiger partial charge in [-0.3, -0.25) is 0 Å². The number of rotatable bonds is 4. The molecule has 2 unspecified atom stereocenters. The number of nitrogens with one attached hydrogen (secondary N) is 1. The lowest BCUT2D eigenvalue weighted by atomic mass is 10.0. The Bertz CT molecular complexity index is 413. The number of carboxylic acids is 1. The van der Waals surface area contributed by atoms with Crippen LogP contribution in [0.15, 0.2) is 0 Å². The van der Waals surface area contributed by atoms with E-state index in [2.05, 4.69) is 17.2 Å². The van der Waals surface area contributed by atoms with E-state index in [0.717, 1.165) is 24.5 Å². The molecule has 1 aliphatic heterocycles. The Morgan fingerprint density at radius 2 is 2.47 bits per heavy atom. The van der Waals surface area contributed by atoms with Gasteiger partial charge in [-0.25, -0.2) is 9.78 Å². The number of aromatic carboxylic acids is 1. The molecule has 2 atom stereocenters. The maximum Gasteiger partial charge on any atom is 0.355 e. The third-order valence-electron chi connectivity index (χ3n) is 3.02. The molecule has 0 aromatic carbocycles. The molecule has 1 saturated heterocycles. The Morgan fingerprint density at radius 1 is 1.71 bits per heavy atom. The Labute approximate surface area is 104 Å². The molecule has 0 bridgehead atoms. The molecule has 94 valence electrons. The van der Waals surface area contributed by atoms with E-state index >= 15 is 0 Å². The van der Waals surface area contributed by atoms with Crippen molar-refractivity contribution in [1.29, 1.82) is 0 Å². The van der Waals surface area contributed by atoms with E-state index in [1.807, 2.05) is 0 Å². The number of aromatic nitrogens is 1. The quantitative estimate of drug-likeness (QED) is 0.862. The first-order chi connectivity index (χ1) is 8.08. The van der Waals surface area contributed by atoms with Gasteiger partial charge >= 0.3 is 5.97 Å². The summed E-state index contributed by atoms with van der Waals surface area (Å²) in [6, 6.07) is 0.254. The topological polar surface area (TPSA) is 71.5 Å². The fraction of sp³-hybridized carbons (Fsp3) is 0.636. The molecule has 1 aliphatic rings. The molecule has 1 fully saturated rings. The highest BCUT2D eigenvalue weighted by Crippen LogP contribution is 2.25. The van der Waals surface area contributed by atoms with E-state index in [9.17, 15) is 4.79 Å². The summed E-state index contributed by atoms with van der Waals surface area (Å²) in [6.07, 6.45) is 1.05. The molecule has 17 heavy (non-hydrogen) atoms. The fourth-order valence-corrected chi connectivity index (χ4v) is 2.82. The van der Waals surface area contributed by atoms with Gasteiger partial charge in [0.05, 0.1) is 6.61 Å². The molecule has 2 rings (SSSR count). The monoisotopic (exact) mass is 256 g/mol. The van der Waals surface area contributed by atoms with Crippen LogP contribution >= 0.6 is 11.3 Å². The van der Waals surface area contributed by atoms with E-state index in [1.54, 1.807) is 6.92 Å². The van der Waals surface area contributed by atoms with Gasteiger partial charge in [-0.1, -0.05) is 0 Å². The van der Waals surface area contributed by atoms with Crippen molar-refractivity contribution < 1.29 is 14.6 Å². The molecular weight excluding hydrogens is 240 g/mol. The maximum atomic E-state index is 10.9.